The first kappa shape index (κ1) is 39.8. The largest absolute Gasteiger partial charge is 0.428 e. The third-order valence-electron chi connectivity index (χ3n) is 13.9. The minimum Gasteiger partial charge on any atom is -0.428 e. The maximum absolute atomic E-state index is 17.2. The van der Waals surface area contributed by atoms with E-state index in [0.29, 0.717) is 55.5 Å². The van der Waals surface area contributed by atoms with Gasteiger partial charge < -0.3 is 20.2 Å². The first-order chi connectivity index (χ1) is 28.4. The summed E-state index contributed by atoms with van der Waals surface area (Å²) < 4.78 is 22.7. The lowest BCUT2D eigenvalue weighted by molar-refractivity contribution is -0.137. The number of benzene rings is 3. The Morgan fingerprint density at radius 1 is 0.915 bits per heavy atom. The van der Waals surface area contributed by atoms with Gasteiger partial charge >= 0.3 is 0 Å². The summed E-state index contributed by atoms with van der Waals surface area (Å²) in [6.45, 7) is 4.43. The molecule has 5 aromatic rings. The number of hydrogen-bond acceptors (Lipinski definition) is 8. The van der Waals surface area contributed by atoms with Gasteiger partial charge in [-0.15, -0.1) is 10.2 Å². The molecule has 3 N–H and O–H groups in total. The lowest BCUT2D eigenvalue weighted by Crippen LogP contribution is -2.64. The van der Waals surface area contributed by atoms with Gasteiger partial charge in [-0.25, -0.2) is 9.37 Å². The molecule has 4 aliphatic rings. The highest BCUT2D eigenvalue weighted by Gasteiger charge is 2.77. The van der Waals surface area contributed by atoms with Crippen molar-refractivity contribution in [2.24, 2.45) is 5.41 Å². The van der Waals surface area contributed by atoms with E-state index in [2.05, 4.69) is 44.6 Å². The van der Waals surface area contributed by atoms with Crippen LogP contribution in [0.15, 0.2) is 102 Å². The van der Waals surface area contributed by atoms with Crippen LogP contribution in [-0.2, 0) is 15.0 Å². The number of fused-ring (bicyclic) bond motifs is 3. The van der Waals surface area contributed by atoms with E-state index in [1.54, 1.807) is 18.2 Å². The molecule has 59 heavy (non-hydrogen) atoms. The third-order valence-corrected chi connectivity index (χ3v) is 14.4. The van der Waals surface area contributed by atoms with E-state index in [1.807, 2.05) is 66.7 Å². The number of hydrogen-bond donors (Lipinski definition) is 3. The van der Waals surface area contributed by atoms with Gasteiger partial charge in [-0.2, -0.15) is 0 Å². The fourth-order valence-corrected chi connectivity index (χ4v) is 11.4. The van der Waals surface area contributed by atoms with Crippen molar-refractivity contribution >= 4 is 40.8 Å². The first-order valence-electron chi connectivity index (χ1n) is 20.5. The Balaban J connectivity index is 1.31. The number of halogens is 3. The number of aromatic nitrogens is 3. The molecule has 9 rings (SSSR count). The number of carbonyl (C=O) groups is 2. The summed E-state index contributed by atoms with van der Waals surface area (Å²) in [6, 6.07) is 25.0. The molecular formula is C46H47Cl2FN6O4. The van der Waals surface area contributed by atoms with Crippen molar-refractivity contribution in [2.75, 3.05) is 5.32 Å². The monoisotopic (exact) mass is 836 g/mol. The van der Waals surface area contributed by atoms with Crippen LogP contribution in [0.5, 0.6) is 0 Å². The molecule has 5 atom stereocenters. The molecule has 0 unspecified atom stereocenters. The van der Waals surface area contributed by atoms with E-state index in [-0.39, 0.29) is 44.8 Å². The van der Waals surface area contributed by atoms with Gasteiger partial charge in [0.05, 0.1) is 23.2 Å². The van der Waals surface area contributed by atoms with Crippen LogP contribution in [0, 0.1) is 11.2 Å². The van der Waals surface area contributed by atoms with Gasteiger partial charge in [-0.05, 0) is 85.6 Å². The Bertz CT molecular complexity index is 2330. The number of rotatable bonds is 8. The average Bonchev–Trinajstić information content (AvgIpc) is 3.94. The molecule has 2 saturated carbocycles. The van der Waals surface area contributed by atoms with Crippen molar-refractivity contribution in [2.45, 2.75) is 112 Å². The number of anilines is 1. The predicted molar refractivity (Wildman–Crippen MR) is 222 cm³/mol. The topological polar surface area (TPSA) is 133 Å². The standard InChI is InChI=1S/C46H47Cl2FN6O4/c1-44(2)22-24-45(25-23-44)46(32-20-21-34(48)52-40(32)53-43(46)58)35(31-14-9-15-33(47)36(31)49)38(41(57)51-30-18-16-29(17-19-30)42-54-50-26-59-42)55(45)37(27-10-5-3-6-11-27)39(56)28-12-7-4-8-13-28/h3-15,20-21,26,29-30,35,37-39,56H,16-19,22-25H2,1-2H3,(H,51,57)(H,52,53,58)/t29-,30-,35-,37+,38+,39-,46+/m0/s1. The summed E-state index contributed by atoms with van der Waals surface area (Å²) in [5.74, 6) is -1.66. The van der Waals surface area contributed by atoms with Crippen molar-refractivity contribution in [3.8, 4) is 0 Å². The van der Waals surface area contributed by atoms with Crippen LogP contribution in [0.1, 0.15) is 117 Å². The van der Waals surface area contributed by atoms with Crippen molar-refractivity contribution in [3.05, 3.63) is 142 Å². The molecule has 3 aromatic carbocycles. The fraction of sp³-hybridized carbons (Fsp3) is 0.413. The minimum atomic E-state index is -1.59. The van der Waals surface area contributed by atoms with Crippen molar-refractivity contribution in [1.29, 1.82) is 0 Å². The number of nitrogens with zero attached hydrogens (tertiary/aromatic N) is 4. The lowest BCUT2D eigenvalue weighted by Gasteiger charge is -2.56. The Labute approximate surface area is 352 Å². The van der Waals surface area contributed by atoms with Gasteiger partial charge in [0, 0.05) is 29.0 Å². The third kappa shape index (κ3) is 6.56. The van der Waals surface area contributed by atoms with Crippen LogP contribution in [-0.4, -0.2) is 54.6 Å². The number of carbonyl (C=O) groups excluding carboxylic acids is 2. The zero-order valence-electron chi connectivity index (χ0n) is 33.0. The van der Waals surface area contributed by atoms with Gasteiger partial charge in [0.1, 0.15) is 22.2 Å². The highest BCUT2D eigenvalue weighted by Crippen LogP contribution is 2.69. The maximum Gasteiger partial charge on any atom is 0.238 e. The van der Waals surface area contributed by atoms with Crippen molar-refractivity contribution in [3.63, 3.8) is 0 Å². The molecule has 2 aliphatic carbocycles. The predicted octanol–water partition coefficient (Wildman–Crippen LogP) is 9.22. The summed E-state index contributed by atoms with van der Waals surface area (Å²) in [5, 5.41) is 27.5. The molecule has 10 nitrogen and oxygen atoms in total. The quantitative estimate of drug-likeness (QED) is 0.132. The van der Waals surface area contributed by atoms with E-state index in [9.17, 15) is 5.11 Å². The van der Waals surface area contributed by atoms with Crippen LogP contribution in [0.3, 0.4) is 0 Å². The Kier molecular flexibility index (Phi) is 10.4. The van der Waals surface area contributed by atoms with Crippen LogP contribution in [0.2, 0.25) is 10.2 Å². The van der Waals surface area contributed by atoms with E-state index < -0.39 is 46.8 Å². The van der Waals surface area contributed by atoms with Gasteiger partial charge in [0.2, 0.25) is 24.1 Å². The number of aliphatic hydroxyl groups excluding tert-OH is 1. The number of nitrogens with one attached hydrogen (secondary N) is 2. The van der Waals surface area contributed by atoms with Crippen molar-refractivity contribution < 1.29 is 23.5 Å². The number of likely N-dealkylation sites (tertiary alicyclic amines) is 1. The second-order valence-corrected chi connectivity index (χ2v) is 18.3. The molecule has 3 fully saturated rings. The van der Waals surface area contributed by atoms with Crippen LogP contribution < -0.4 is 10.6 Å². The zero-order chi connectivity index (χ0) is 41.1. The van der Waals surface area contributed by atoms with Crippen LogP contribution >= 0.6 is 23.2 Å². The summed E-state index contributed by atoms with van der Waals surface area (Å²) in [6.07, 6.45) is 5.19. The van der Waals surface area contributed by atoms with E-state index in [0.717, 1.165) is 18.4 Å². The molecule has 13 heteroatoms. The number of pyridine rings is 1. The molecule has 2 amide bonds. The molecular weight excluding hydrogens is 790 g/mol. The maximum atomic E-state index is 17.2. The summed E-state index contributed by atoms with van der Waals surface area (Å²) >= 11 is 13.2. The van der Waals surface area contributed by atoms with Crippen molar-refractivity contribution in [1.82, 2.24) is 25.4 Å². The second-order valence-electron chi connectivity index (χ2n) is 17.5. The van der Waals surface area contributed by atoms with Gasteiger partial charge in [-0.1, -0.05) is 116 Å². The van der Waals surface area contributed by atoms with E-state index in [4.69, 9.17) is 27.6 Å². The Morgan fingerprint density at radius 3 is 2.25 bits per heavy atom. The highest BCUT2D eigenvalue weighted by molar-refractivity contribution is 6.31. The smallest absolute Gasteiger partial charge is 0.238 e. The average molecular weight is 838 g/mol. The SMILES string of the molecule is CC1(C)CCC2(CC1)N([C@H](c1ccccc1)[C@@H](O)c1ccccc1)[C@@H](C(=O)N[C@H]1CC[C@H](c3nnco3)CC1)[C@H](c1cccc(Cl)c1F)[C@]21C(=O)Nc2nc(Cl)ccc21. The summed E-state index contributed by atoms with van der Waals surface area (Å²) in [5.41, 5.74) is -0.795. The number of amides is 2. The Hall–Kier alpha value is -4.68. The molecule has 0 radical (unpaired) electrons. The molecule has 0 bridgehead atoms. The number of aliphatic hydroxyl groups is 1. The summed E-state index contributed by atoms with van der Waals surface area (Å²) in [4.78, 5) is 38.3. The van der Waals surface area contributed by atoms with Crippen LogP contribution in [0.25, 0.3) is 0 Å². The second kappa shape index (κ2) is 15.4. The van der Waals surface area contributed by atoms with Gasteiger partial charge in [-0.3, -0.25) is 14.5 Å². The van der Waals surface area contributed by atoms with E-state index in [1.165, 1.54) is 12.5 Å². The van der Waals surface area contributed by atoms with Crippen LogP contribution in [0.4, 0.5) is 10.2 Å². The molecule has 2 spiro atoms. The molecule has 2 aliphatic heterocycles. The normalized spacial score (nSPS) is 27.0. The molecule has 4 heterocycles. The highest BCUT2D eigenvalue weighted by atomic mass is 35.5. The first-order valence-corrected chi connectivity index (χ1v) is 21.3. The molecule has 2 aromatic heterocycles. The lowest BCUT2D eigenvalue weighted by atomic mass is 9.53. The molecule has 1 saturated heterocycles. The summed E-state index contributed by atoms with van der Waals surface area (Å²) in [7, 11) is 0. The van der Waals surface area contributed by atoms with Gasteiger partial charge in [0.15, 0.2) is 0 Å². The fourth-order valence-electron chi connectivity index (χ4n) is 11.1. The minimum absolute atomic E-state index is 0.0700. The Morgan fingerprint density at radius 2 is 1.59 bits per heavy atom. The molecule has 306 valence electrons. The van der Waals surface area contributed by atoms with Gasteiger partial charge in [0.25, 0.3) is 0 Å². The zero-order valence-corrected chi connectivity index (χ0v) is 34.5. The van der Waals surface area contributed by atoms with E-state index >= 15 is 14.0 Å².